The molecule has 1 aromatic heterocycles. The van der Waals surface area contributed by atoms with Gasteiger partial charge in [-0.05, 0) is 18.2 Å². The molecule has 0 amide bonds. The summed E-state index contributed by atoms with van der Waals surface area (Å²) in [6.45, 7) is 0.683. The minimum atomic E-state index is 0.108. The van der Waals surface area contributed by atoms with Crippen molar-refractivity contribution in [3.05, 3.63) is 21.9 Å². The van der Waals surface area contributed by atoms with E-state index in [0.29, 0.717) is 11.4 Å². The monoisotopic (exact) mass is 302 g/mol. The van der Waals surface area contributed by atoms with Gasteiger partial charge >= 0.3 is 0 Å². The summed E-state index contributed by atoms with van der Waals surface area (Å²) in [7, 11) is 1.90. The molecule has 0 fully saturated rings. The Morgan fingerprint density at radius 2 is 2.39 bits per heavy atom. The van der Waals surface area contributed by atoms with E-state index in [2.05, 4.69) is 0 Å². The second kappa shape index (κ2) is 7.52. The quantitative estimate of drug-likeness (QED) is 0.473. The Morgan fingerprint density at radius 3 is 2.94 bits per heavy atom. The zero-order chi connectivity index (χ0) is 13.5. The summed E-state index contributed by atoms with van der Waals surface area (Å²) < 4.78 is 0.225. The van der Waals surface area contributed by atoms with E-state index in [4.69, 9.17) is 23.1 Å². The van der Waals surface area contributed by atoms with Crippen LogP contribution in [0, 0.1) is 0 Å². The SMILES string of the molecule is CN(CCO)c1ccc(/C=C(/C=O)SC(N)=S)s1. The fraction of sp³-hybridized carbons (Fsp3) is 0.273. The molecule has 0 unspecified atom stereocenters. The molecule has 0 atom stereocenters. The molecule has 0 aliphatic heterocycles. The average Bonchev–Trinajstić information content (AvgIpc) is 2.76. The summed E-state index contributed by atoms with van der Waals surface area (Å²) in [5.74, 6) is 0. The van der Waals surface area contributed by atoms with Gasteiger partial charge in [0, 0.05) is 18.5 Å². The van der Waals surface area contributed by atoms with E-state index >= 15 is 0 Å². The highest BCUT2D eigenvalue weighted by molar-refractivity contribution is 8.26. The molecule has 0 spiro atoms. The number of nitrogens with two attached hydrogens (primary N) is 1. The number of hydrogen-bond acceptors (Lipinski definition) is 6. The predicted octanol–water partition coefficient (Wildman–Crippen LogP) is 1.69. The predicted molar refractivity (Wildman–Crippen MR) is 83.1 cm³/mol. The first-order valence-electron chi connectivity index (χ1n) is 5.12. The lowest BCUT2D eigenvalue weighted by molar-refractivity contribution is -0.104. The Morgan fingerprint density at radius 1 is 1.67 bits per heavy atom. The van der Waals surface area contributed by atoms with Crippen LogP contribution in [0.4, 0.5) is 5.00 Å². The number of rotatable bonds is 6. The van der Waals surface area contributed by atoms with Crippen molar-refractivity contribution in [2.24, 2.45) is 5.73 Å². The first-order chi connectivity index (χ1) is 8.56. The molecule has 0 aliphatic carbocycles. The number of hydrogen-bond donors (Lipinski definition) is 2. The van der Waals surface area contributed by atoms with Crippen molar-refractivity contribution in [1.82, 2.24) is 0 Å². The van der Waals surface area contributed by atoms with Crippen LogP contribution in [0.25, 0.3) is 6.08 Å². The number of thioether (sulfide) groups is 1. The largest absolute Gasteiger partial charge is 0.395 e. The van der Waals surface area contributed by atoms with Crippen molar-refractivity contribution in [1.29, 1.82) is 0 Å². The van der Waals surface area contributed by atoms with Gasteiger partial charge in [-0.1, -0.05) is 24.0 Å². The van der Waals surface area contributed by atoms with Gasteiger partial charge in [0.05, 0.1) is 16.5 Å². The van der Waals surface area contributed by atoms with Crippen LogP contribution in [0.2, 0.25) is 0 Å². The second-order valence-corrected chi connectivity index (χ2v) is 6.31. The zero-order valence-corrected chi connectivity index (χ0v) is 12.3. The number of carbonyl (C=O) groups excluding carboxylic acids is 1. The van der Waals surface area contributed by atoms with E-state index in [1.165, 1.54) is 11.3 Å². The third kappa shape index (κ3) is 4.77. The first kappa shape index (κ1) is 15.2. The van der Waals surface area contributed by atoms with E-state index in [1.54, 1.807) is 6.08 Å². The van der Waals surface area contributed by atoms with Crippen molar-refractivity contribution < 1.29 is 9.90 Å². The number of likely N-dealkylation sites (N-methyl/N-ethyl adjacent to an activating group) is 1. The number of allylic oxidation sites excluding steroid dienone is 1. The maximum Gasteiger partial charge on any atom is 0.156 e. The van der Waals surface area contributed by atoms with Crippen LogP contribution in [-0.2, 0) is 4.79 Å². The summed E-state index contributed by atoms with van der Waals surface area (Å²) in [6, 6.07) is 3.86. The van der Waals surface area contributed by atoms with E-state index in [9.17, 15) is 4.79 Å². The molecular weight excluding hydrogens is 288 g/mol. The Labute approximate surface area is 119 Å². The molecule has 98 valence electrons. The van der Waals surface area contributed by atoms with Gasteiger partial charge in [0.25, 0.3) is 0 Å². The van der Waals surface area contributed by atoms with Gasteiger partial charge in [-0.2, -0.15) is 0 Å². The molecule has 1 heterocycles. The standard InChI is InChI=1S/C11H14N2O2S3/c1-13(4-5-14)10-3-2-8(17-10)6-9(7-15)18-11(12)16/h2-3,6-7,14H,4-5H2,1H3,(H2,12,16)/b9-6-. The van der Waals surface area contributed by atoms with Crippen LogP contribution in [0.5, 0.6) is 0 Å². The molecule has 0 aromatic carbocycles. The van der Waals surface area contributed by atoms with Crippen molar-refractivity contribution >= 4 is 57.0 Å². The number of aliphatic hydroxyl groups is 1. The Bertz CT molecular complexity index is 457. The number of anilines is 1. The van der Waals surface area contributed by atoms with Gasteiger partial charge in [-0.15, -0.1) is 11.3 Å². The molecule has 1 rings (SSSR count). The molecule has 0 bridgehead atoms. The molecule has 7 heteroatoms. The fourth-order valence-corrected chi connectivity index (χ4v) is 3.01. The molecule has 0 radical (unpaired) electrons. The molecule has 18 heavy (non-hydrogen) atoms. The van der Waals surface area contributed by atoms with E-state index in [-0.39, 0.29) is 10.9 Å². The van der Waals surface area contributed by atoms with Crippen molar-refractivity contribution in [2.45, 2.75) is 0 Å². The highest BCUT2D eigenvalue weighted by Gasteiger charge is 2.05. The normalized spacial score (nSPS) is 11.3. The number of aldehydes is 1. The fourth-order valence-electron chi connectivity index (χ4n) is 1.23. The number of thiophene rings is 1. The highest BCUT2D eigenvalue weighted by Crippen LogP contribution is 2.28. The second-order valence-electron chi connectivity index (χ2n) is 3.41. The molecular formula is C11H14N2O2S3. The van der Waals surface area contributed by atoms with Crippen molar-refractivity contribution in [3.8, 4) is 0 Å². The zero-order valence-electron chi connectivity index (χ0n) is 9.83. The van der Waals surface area contributed by atoms with Crippen LogP contribution in [0.3, 0.4) is 0 Å². The highest BCUT2D eigenvalue weighted by atomic mass is 32.2. The van der Waals surface area contributed by atoms with Gasteiger partial charge < -0.3 is 15.7 Å². The molecule has 0 saturated carbocycles. The van der Waals surface area contributed by atoms with Crippen LogP contribution >= 0.6 is 35.3 Å². The van der Waals surface area contributed by atoms with Crippen molar-refractivity contribution in [3.63, 3.8) is 0 Å². The third-order valence-corrected chi connectivity index (χ3v) is 4.09. The first-order valence-corrected chi connectivity index (χ1v) is 7.17. The molecule has 0 aliphatic rings. The minimum Gasteiger partial charge on any atom is -0.395 e. The van der Waals surface area contributed by atoms with E-state index in [0.717, 1.165) is 27.9 Å². The summed E-state index contributed by atoms with van der Waals surface area (Å²) in [5, 5.41) is 9.89. The van der Waals surface area contributed by atoms with E-state index < -0.39 is 0 Å². The average molecular weight is 302 g/mol. The molecule has 3 N–H and O–H groups in total. The van der Waals surface area contributed by atoms with Crippen LogP contribution in [-0.4, -0.2) is 35.9 Å². The van der Waals surface area contributed by atoms with Crippen LogP contribution < -0.4 is 10.6 Å². The number of thiocarbonyl (C=S) groups is 1. The van der Waals surface area contributed by atoms with Gasteiger partial charge in [0.2, 0.25) is 0 Å². The Kier molecular flexibility index (Phi) is 6.34. The topological polar surface area (TPSA) is 66.6 Å². The number of aliphatic hydroxyl groups excluding tert-OH is 1. The smallest absolute Gasteiger partial charge is 0.156 e. The summed E-state index contributed by atoms with van der Waals surface area (Å²) >= 11 is 7.36. The van der Waals surface area contributed by atoms with Crippen LogP contribution in [0.1, 0.15) is 4.88 Å². The van der Waals surface area contributed by atoms with Gasteiger partial charge in [0.15, 0.2) is 6.29 Å². The van der Waals surface area contributed by atoms with Gasteiger partial charge in [-0.3, -0.25) is 4.79 Å². The number of carbonyl (C=O) groups is 1. The van der Waals surface area contributed by atoms with Crippen molar-refractivity contribution in [2.75, 3.05) is 25.1 Å². The summed E-state index contributed by atoms with van der Waals surface area (Å²) in [5.41, 5.74) is 5.38. The van der Waals surface area contributed by atoms with Crippen LogP contribution in [0.15, 0.2) is 17.0 Å². The lowest BCUT2D eigenvalue weighted by atomic mass is 10.4. The number of nitrogens with zero attached hydrogens (tertiary/aromatic N) is 1. The molecule has 1 aromatic rings. The summed E-state index contributed by atoms with van der Waals surface area (Å²) in [6.07, 6.45) is 2.48. The lowest BCUT2D eigenvalue weighted by Crippen LogP contribution is -2.19. The maximum atomic E-state index is 10.8. The van der Waals surface area contributed by atoms with Gasteiger partial charge in [0.1, 0.15) is 4.32 Å². The maximum absolute atomic E-state index is 10.8. The van der Waals surface area contributed by atoms with E-state index in [1.807, 2.05) is 24.1 Å². The molecule has 4 nitrogen and oxygen atoms in total. The third-order valence-electron chi connectivity index (χ3n) is 2.04. The van der Waals surface area contributed by atoms with Gasteiger partial charge in [-0.25, -0.2) is 0 Å². The summed E-state index contributed by atoms with van der Waals surface area (Å²) in [4.78, 5) is 14.2. The Hall–Kier alpha value is -0.890. The molecule has 0 saturated heterocycles. The lowest BCUT2D eigenvalue weighted by Gasteiger charge is -2.14. The minimum absolute atomic E-state index is 0.108. The Balaban J connectivity index is 2.81.